The second-order valence-corrected chi connectivity index (χ2v) is 4.85. The van der Waals surface area contributed by atoms with Gasteiger partial charge < -0.3 is 25.4 Å². The number of carbonyl (C=O) groups excluding carboxylic acids is 1. The number of halogens is 2. The normalized spacial score (nSPS) is 15.1. The number of aromatic nitrogens is 1. The number of morpholine rings is 1. The Morgan fingerprint density at radius 2 is 2.13 bits per heavy atom. The van der Waals surface area contributed by atoms with Crippen molar-refractivity contribution in [2.45, 2.75) is 12.5 Å². The maximum atomic E-state index is 11.8. The van der Waals surface area contributed by atoms with Gasteiger partial charge in [-0.1, -0.05) is 0 Å². The van der Waals surface area contributed by atoms with Crippen LogP contribution in [0.5, 0.6) is 0 Å². The topological polar surface area (TPSA) is 89.7 Å². The zero-order chi connectivity index (χ0) is 15.1. The lowest BCUT2D eigenvalue weighted by atomic mass is 10.2. The summed E-state index contributed by atoms with van der Waals surface area (Å²) in [6, 6.07) is 3.75. The van der Waals surface area contributed by atoms with Gasteiger partial charge in [-0.3, -0.25) is 4.79 Å². The number of amides is 1. The molecule has 1 aliphatic rings. The first-order valence-corrected chi connectivity index (χ1v) is 7.04. The highest BCUT2D eigenvalue weighted by molar-refractivity contribution is 5.90. The largest absolute Gasteiger partial charge is 0.380 e. The molecule has 9 heteroatoms. The van der Waals surface area contributed by atoms with Crippen LogP contribution in [0.3, 0.4) is 0 Å². The van der Waals surface area contributed by atoms with Crippen LogP contribution < -0.4 is 16.0 Å². The monoisotopic (exact) mass is 366 g/mol. The van der Waals surface area contributed by atoms with E-state index in [0.717, 1.165) is 32.0 Å². The second kappa shape index (κ2) is 11.4. The first-order valence-electron chi connectivity index (χ1n) is 7.04. The Balaban J connectivity index is 0.00000242. The Morgan fingerprint density at radius 1 is 1.43 bits per heavy atom. The Morgan fingerprint density at radius 3 is 2.65 bits per heavy atom. The quantitative estimate of drug-likeness (QED) is 0.782. The molecule has 0 spiro atoms. The molecule has 1 aliphatic heterocycles. The predicted octanol–water partition coefficient (Wildman–Crippen LogP) is 1.06. The predicted molar refractivity (Wildman–Crippen MR) is 94.9 cm³/mol. The van der Waals surface area contributed by atoms with Crippen LogP contribution in [-0.4, -0.2) is 57.0 Å². The Labute approximate surface area is 148 Å². The molecular formula is C14H24Cl2N4O3. The molecule has 1 aromatic heterocycles. The number of hydrogen-bond acceptors (Lipinski definition) is 6. The van der Waals surface area contributed by atoms with E-state index in [0.29, 0.717) is 12.4 Å². The molecule has 2 heterocycles. The van der Waals surface area contributed by atoms with Gasteiger partial charge in [0.15, 0.2) is 0 Å². The van der Waals surface area contributed by atoms with Gasteiger partial charge in [0.2, 0.25) is 5.91 Å². The fourth-order valence-electron chi connectivity index (χ4n) is 2.13. The van der Waals surface area contributed by atoms with E-state index in [-0.39, 0.29) is 43.2 Å². The van der Waals surface area contributed by atoms with E-state index in [9.17, 15) is 4.79 Å². The third-order valence-corrected chi connectivity index (χ3v) is 3.40. The number of nitrogens with two attached hydrogens (primary N) is 1. The molecule has 2 rings (SSSR count). The van der Waals surface area contributed by atoms with Crippen molar-refractivity contribution in [1.29, 1.82) is 0 Å². The van der Waals surface area contributed by atoms with Crippen LogP contribution in [0.2, 0.25) is 0 Å². The number of methoxy groups -OCH3 is 1. The van der Waals surface area contributed by atoms with Crippen molar-refractivity contribution in [3.63, 3.8) is 0 Å². The Kier molecular flexibility index (Phi) is 10.9. The van der Waals surface area contributed by atoms with Gasteiger partial charge in [-0.2, -0.15) is 0 Å². The van der Waals surface area contributed by atoms with Gasteiger partial charge in [-0.25, -0.2) is 4.98 Å². The first-order chi connectivity index (χ1) is 10.2. The summed E-state index contributed by atoms with van der Waals surface area (Å²) in [5.74, 6) is 0.378. The number of carbonyl (C=O) groups is 1. The molecule has 1 amide bonds. The zero-order valence-electron chi connectivity index (χ0n) is 13.1. The SMILES string of the molecule is COC(CN)CC(=O)Nc1ccc(N2CCOCC2)cn1.Cl.Cl. The maximum Gasteiger partial charge on any atom is 0.228 e. The van der Waals surface area contributed by atoms with Gasteiger partial charge >= 0.3 is 0 Å². The molecule has 1 aromatic rings. The van der Waals surface area contributed by atoms with Crippen molar-refractivity contribution >= 4 is 42.2 Å². The van der Waals surface area contributed by atoms with Crippen LogP contribution in [0, 0.1) is 0 Å². The van der Waals surface area contributed by atoms with E-state index >= 15 is 0 Å². The molecule has 3 N–H and O–H groups in total. The summed E-state index contributed by atoms with van der Waals surface area (Å²) in [4.78, 5) is 18.3. The minimum absolute atomic E-state index is 0. The van der Waals surface area contributed by atoms with E-state index in [1.54, 1.807) is 19.4 Å². The summed E-state index contributed by atoms with van der Waals surface area (Å²) in [6.07, 6.45) is 1.72. The fraction of sp³-hybridized carbons (Fsp3) is 0.571. The van der Waals surface area contributed by atoms with E-state index in [1.807, 2.05) is 6.07 Å². The van der Waals surface area contributed by atoms with Gasteiger partial charge in [-0.15, -0.1) is 24.8 Å². The van der Waals surface area contributed by atoms with Gasteiger partial charge in [0, 0.05) is 26.7 Å². The summed E-state index contributed by atoms with van der Waals surface area (Å²) < 4.78 is 10.4. The van der Waals surface area contributed by atoms with Crippen LogP contribution in [0.4, 0.5) is 11.5 Å². The molecule has 1 fully saturated rings. The van der Waals surface area contributed by atoms with Gasteiger partial charge in [-0.05, 0) is 12.1 Å². The van der Waals surface area contributed by atoms with Crippen LogP contribution in [0.25, 0.3) is 0 Å². The van der Waals surface area contributed by atoms with Crippen LogP contribution in [0.15, 0.2) is 18.3 Å². The maximum absolute atomic E-state index is 11.8. The molecule has 1 unspecified atom stereocenters. The Hall–Kier alpha value is -1.12. The number of hydrogen-bond donors (Lipinski definition) is 2. The molecule has 7 nitrogen and oxygen atoms in total. The summed E-state index contributed by atoms with van der Waals surface area (Å²) in [5.41, 5.74) is 6.53. The zero-order valence-corrected chi connectivity index (χ0v) is 14.7. The standard InChI is InChI=1S/C14H22N4O3.2ClH/c1-20-12(9-15)8-14(19)17-13-3-2-11(10-16-13)18-4-6-21-7-5-18;;/h2-3,10,12H,4-9,15H2,1H3,(H,16,17,19);2*1H. The highest BCUT2D eigenvalue weighted by atomic mass is 35.5. The van der Waals surface area contributed by atoms with Gasteiger partial charge in [0.1, 0.15) is 5.82 Å². The lowest BCUT2D eigenvalue weighted by molar-refractivity contribution is -0.118. The number of pyridine rings is 1. The first kappa shape index (κ1) is 21.9. The molecule has 132 valence electrons. The second-order valence-electron chi connectivity index (χ2n) is 4.85. The highest BCUT2D eigenvalue weighted by Crippen LogP contribution is 2.16. The van der Waals surface area contributed by atoms with Crippen molar-refractivity contribution in [3.05, 3.63) is 18.3 Å². The molecule has 0 aliphatic carbocycles. The van der Waals surface area contributed by atoms with E-state index in [2.05, 4.69) is 15.2 Å². The van der Waals surface area contributed by atoms with Crippen LogP contribution in [-0.2, 0) is 14.3 Å². The van der Waals surface area contributed by atoms with Crippen LogP contribution >= 0.6 is 24.8 Å². The van der Waals surface area contributed by atoms with E-state index in [1.165, 1.54) is 0 Å². The average molecular weight is 367 g/mol. The van der Waals surface area contributed by atoms with E-state index < -0.39 is 0 Å². The minimum atomic E-state index is -0.266. The summed E-state index contributed by atoms with van der Waals surface area (Å²) in [7, 11) is 1.54. The lowest BCUT2D eigenvalue weighted by Crippen LogP contribution is -2.36. The molecule has 0 bridgehead atoms. The van der Waals surface area contributed by atoms with Crippen molar-refractivity contribution < 1.29 is 14.3 Å². The molecule has 0 radical (unpaired) electrons. The average Bonchev–Trinajstić information content (AvgIpc) is 2.54. The third-order valence-electron chi connectivity index (χ3n) is 3.40. The van der Waals surface area contributed by atoms with Crippen molar-refractivity contribution in [3.8, 4) is 0 Å². The number of rotatable bonds is 6. The van der Waals surface area contributed by atoms with E-state index in [4.69, 9.17) is 15.2 Å². The number of anilines is 2. The van der Waals surface area contributed by atoms with Crippen molar-refractivity contribution in [2.75, 3.05) is 50.2 Å². The number of ether oxygens (including phenoxy) is 2. The number of nitrogens with one attached hydrogen (secondary N) is 1. The molecule has 0 aromatic carbocycles. The summed E-state index contributed by atoms with van der Waals surface area (Å²) in [6.45, 7) is 3.50. The van der Waals surface area contributed by atoms with Gasteiger partial charge in [0.05, 0.1) is 37.6 Å². The molecular weight excluding hydrogens is 343 g/mol. The third kappa shape index (κ3) is 6.88. The highest BCUT2D eigenvalue weighted by Gasteiger charge is 2.13. The molecule has 0 saturated carbocycles. The smallest absolute Gasteiger partial charge is 0.228 e. The molecule has 23 heavy (non-hydrogen) atoms. The van der Waals surface area contributed by atoms with Crippen LogP contribution in [0.1, 0.15) is 6.42 Å². The fourth-order valence-corrected chi connectivity index (χ4v) is 2.13. The summed E-state index contributed by atoms with van der Waals surface area (Å²) >= 11 is 0. The lowest BCUT2D eigenvalue weighted by Gasteiger charge is -2.28. The van der Waals surface area contributed by atoms with Crippen molar-refractivity contribution in [1.82, 2.24) is 4.98 Å². The molecule has 1 saturated heterocycles. The summed E-state index contributed by atoms with van der Waals surface area (Å²) in [5, 5.41) is 2.74. The van der Waals surface area contributed by atoms with Crippen molar-refractivity contribution in [2.24, 2.45) is 5.73 Å². The Bertz CT molecular complexity index is 452. The number of nitrogens with zero attached hydrogens (tertiary/aromatic N) is 2. The van der Waals surface area contributed by atoms with Gasteiger partial charge in [0.25, 0.3) is 0 Å². The molecule has 1 atom stereocenters. The minimum Gasteiger partial charge on any atom is -0.380 e.